The summed E-state index contributed by atoms with van der Waals surface area (Å²) in [6.45, 7) is 0.0261. The second-order valence-electron chi connectivity index (χ2n) is 5.03. The van der Waals surface area contributed by atoms with Gasteiger partial charge in [0, 0.05) is 13.0 Å². The summed E-state index contributed by atoms with van der Waals surface area (Å²) in [6, 6.07) is 7.51. The predicted octanol–water partition coefficient (Wildman–Crippen LogP) is -0.397. The average molecular weight is 278 g/mol. The molecule has 4 N–H and O–H groups in total. The first-order valence-electron chi connectivity index (χ1n) is 6.50. The molecule has 1 saturated heterocycles. The topological polar surface area (TPSA) is 104 Å². The highest BCUT2D eigenvalue weighted by Crippen LogP contribution is 2.19. The number of rotatable bonds is 4. The van der Waals surface area contributed by atoms with Crippen LogP contribution in [0.15, 0.2) is 30.3 Å². The van der Waals surface area contributed by atoms with Crippen molar-refractivity contribution >= 4 is 11.9 Å². The van der Waals surface area contributed by atoms with Gasteiger partial charge in [0.05, 0.1) is 12.1 Å². The number of carbonyl (C=O) groups is 2. The molecule has 1 heterocycles. The summed E-state index contributed by atoms with van der Waals surface area (Å²) in [5, 5.41) is 18.6. The third-order valence-electron chi connectivity index (χ3n) is 3.46. The Hall–Kier alpha value is -1.92. The first-order valence-corrected chi connectivity index (χ1v) is 6.50. The Balaban J connectivity index is 2.04. The lowest BCUT2D eigenvalue weighted by molar-refractivity contribution is -0.148. The summed E-state index contributed by atoms with van der Waals surface area (Å²) in [5.74, 6) is -1.54. The second kappa shape index (κ2) is 6.02. The van der Waals surface area contributed by atoms with E-state index in [9.17, 15) is 14.7 Å². The minimum absolute atomic E-state index is 0.0261. The lowest BCUT2D eigenvalue weighted by Gasteiger charge is -2.24. The number of hydrogen-bond acceptors (Lipinski definition) is 4. The van der Waals surface area contributed by atoms with E-state index in [-0.39, 0.29) is 13.0 Å². The fourth-order valence-corrected chi connectivity index (χ4v) is 2.46. The van der Waals surface area contributed by atoms with Gasteiger partial charge in [0.25, 0.3) is 0 Å². The molecular formula is C14H18N2O4. The van der Waals surface area contributed by atoms with Crippen LogP contribution < -0.4 is 5.73 Å². The predicted molar refractivity (Wildman–Crippen MR) is 71.9 cm³/mol. The Kier molecular flexibility index (Phi) is 4.36. The van der Waals surface area contributed by atoms with E-state index < -0.39 is 30.1 Å². The van der Waals surface area contributed by atoms with E-state index in [1.807, 2.05) is 30.3 Å². The van der Waals surface area contributed by atoms with Gasteiger partial charge >= 0.3 is 5.97 Å². The van der Waals surface area contributed by atoms with Gasteiger partial charge in [-0.05, 0) is 12.0 Å². The van der Waals surface area contributed by atoms with E-state index in [1.54, 1.807) is 0 Å². The number of aliphatic hydroxyl groups is 1. The zero-order valence-electron chi connectivity index (χ0n) is 11.0. The monoisotopic (exact) mass is 278 g/mol. The molecule has 6 nitrogen and oxygen atoms in total. The first-order chi connectivity index (χ1) is 9.49. The van der Waals surface area contributed by atoms with Gasteiger partial charge in [-0.3, -0.25) is 4.79 Å². The van der Waals surface area contributed by atoms with Crippen molar-refractivity contribution in [3.8, 4) is 0 Å². The molecule has 0 aromatic heterocycles. The highest BCUT2D eigenvalue weighted by molar-refractivity contribution is 5.87. The highest BCUT2D eigenvalue weighted by atomic mass is 16.4. The Labute approximate surface area is 116 Å². The molecule has 20 heavy (non-hydrogen) atoms. The second-order valence-corrected chi connectivity index (χ2v) is 5.03. The minimum atomic E-state index is -1.11. The fourth-order valence-electron chi connectivity index (χ4n) is 2.46. The third kappa shape index (κ3) is 3.15. The zero-order chi connectivity index (χ0) is 14.7. The molecule has 0 unspecified atom stereocenters. The van der Waals surface area contributed by atoms with Crippen LogP contribution in [0, 0.1) is 0 Å². The van der Waals surface area contributed by atoms with Crippen LogP contribution in [0.2, 0.25) is 0 Å². The van der Waals surface area contributed by atoms with Gasteiger partial charge in [-0.1, -0.05) is 30.3 Å². The number of aliphatic carboxylic acids is 1. The molecule has 1 fully saturated rings. The minimum Gasteiger partial charge on any atom is -0.480 e. The van der Waals surface area contributed by atoms with Crippen molar-refractivity contribution < 1.29 is 19.8 Å². The number of benzene rings is 1. The van der Waals surface area contributed by atoms with Crippen LogP contribution in [0.3, 0.4) is 0 Å². The van der Waals surface area contributed by atoms with Gasteiger partial charge in [0.15, 0.2) is 0 Å². The van der Waals surface area contributed by atoms with Gasteiger partial charge in [-0.2, -0.15) is 0 Å². The zero-order valence-corrected chi connectivity index (χ0v) is 11.0. The Morgan fingerprint density at radius 3 is 2.60 bits per heavy atom. The number of likely N-dealkylation sites (tertiary alicyclic amines) is 1. The normalized spacial score (nSPS) is 23.6. The molecule has 0 spiro atoms. The molecule has 1 aliphatic rings. The molecule has 6 heteroatoms. The molecule has 0 saturated carbocycles. The molecule has 108 valence electrons. The summed E-state index contributed by atoms with van der Waals surface area (Å²) in [7, 11) is 0. The number of hydrogen-bond donors (Lipinski definition) is 3. The molecule has 0 radical (unpaired) electrons. The van der Waals surface area contributed by atoms with Crippen LogP contribution in [0.5, 0.6) is 0 Å². The van der Waals surface area contributed by atoms with Crippen molar-refractivity contribution in [2.24, 2.45) is 5.73 Å². The van der Waals surface area contributed by atoms with Crippen LogP contribution in [0.1, 0.15) is 12.0 Å². The number of carboxylic acid groups (broad SMARTS) is 1. The molecule has 0 bridgehead atoms. The van der Waals surface area contributed by atoms with Crippen molar-refractivity contribution in [1.29, 1.82) is 0 Å². The number of amides is 1. The number of aliphatic hydroxyl groups excluding tert-OH is 1. The van der Waals surface area contributed by atoms with Gasteiger partial charge in [-0.25, -0.2) is 4.79 Å². The van der Waals surface area contributed by atoms with Crippen LogP contribution >= 0.6 is 0 Å². The first kappa shape index (κ1) is 14.5. The standard InChI is InChI=1S/C14H18N2O4/c15-11(6-9-4-2-1-3-5-9)13(18)16-8-10(17)7-12(16)14(19)20/h1-5,10-12,17H,6-8,15H2,(H,19,20)/t10-,11+,12+/m1/s1. The molecule has 1 aromatic carbocycles. The molecule has 2 rings (SSSR count). The van der Waals surface area contributed by atoms with Crippen LogP contribution in [0.4, 0.5) is 0 Å². The summed E-state index contributed by atoms with van der Waals surface area (Å²) in [4.78, 5) is 24.5. The van der Waals surface area contributed by atoms with E-state index >= 15 is 0 Å². The highest BCUT2D eigenvalue weighted by Gasteiger charge is 2.40. The molecule has 1 aromatic rings. The summed E-state index contributed by atoms with van der Waals surface area (Å²) < 4.78 is 0. The van der Waals surface area contributed by atoms with Gasteiger partial charge in [0.2, 0.25) is 5.91 Å². The third-order valence-corrected chi connectivity index (χ3v) is 3.46. The van der Waals surface area contributed by atoms with E-state index in [0.717, 1.165) is 5.56 Å². The Bertz CT molecular complexity index is 491. The van der Waals surface area contributed by atoms with E-state index in [2.05, 4.69) is 0 Å². The van der Waals surface area contributed by atoms with Crippen molar-refractivity contribution in [3.05, 3.63) is 35.9 Å². The maximum Gasteiger partial charge on any atom is 0.326 e. The van der Waals surface area contributed by atoms with Crippen molar-refractivity contribution in [2.45, 2.75) is 31.0 Å². The number of carbonyl (C=O) groups excluding carboxylic acids is 1. The van der Waals surface area contributed by atoms with Gasteiger partial charge in [0.1, 0.15) is 6.04 Å². The SMILES string of the molecule is N[C@@H](Cc1ccccc1)C(=O)N1C[C@H](O)C[C@H]1C(=O)O. The largest absolute Gasteiger partial charge is 0.480 e. The maximum atomic E-state index is 12.2. The van der Waals surface area contributed by atoms with E-state index in [4.69, 9.17) is 10.8 Å². The van der Waals surface area contributed by atoms with Crippen LogP contribution in [-0.2, 0) is 16.0 Å². The number of carboxylic acids is 1. The van der Waals surface area contributed by atoms with Crippen molar-refractivity contribution in [3.63, 3.8) is 0 Å². The number of β-amino-alcohol motifs (C(OH)–C–C–N with tert-alkyl or cyclic N) is 1. The molecule has 1 aliphatic heterocycles. The molecule has 0 aliphatic carbocycles. The maximum absolute atomic E-state index is 12.2. The number of nitrogens with zero attached hydrogens (tertiary/aromatic N) is 1. The molecule has 3 atom stereocenters. The smallest absolute Gasteiger partial charge is 0.326 e. The van der Waals surface area contributed by atoms with Gasteiger partial charge < -0.3 is 20.8 Å². The van der Waals surface area contributed by atoms with Crippen molar-refractivity contribution in [2.75, 3.05) is 6.54 Å². The van der Waals surface area contributed by atoms with E-state index in [1.165, 1.54) is 4.90 Å². The fraction of sp³-hybridized carbons (Fsp3) is 0.429. The lowest BCUT2D eigenvalue weighted by atomic mass is 10.1. The summed E-state index contributed by atoms with van der Waals surface area (Å²) in [5.41, 5.74) is 6.79. The van der Waals surface area contributed by atoms with Crippen LogP contribution in [-0.4, -0.2) is 51.7 Å². The molecule has 1 amide bonds. The van der Waals surface area contributed by atoms with Gasteiger partial charge in [-0.15, -0.1) is 0 Å². The summed E-state index contributed by atoms with van der Waals surface area (Å²) >= 11 is 0. The summed E-state index contributed by atoms with van der Waals surface area (Å²) in [6.07, 6.45) is -0.401. The average Bonchev–Trinajstić information content (AvgIpc) is 2.81. The quantitative estimate of drug-likeness (QED) is 0.695. The van der Waals surface area contributed by atoms with Crippen LogP contribution in [0.25, 0.3) is 0 Å². The van der Waals surface area contributed by atoms with Crippen molar-refractivity contribution in [1.82, 2.24) is 4.90 Å². The lowest BCUT2D eigenvalue weighted by Crippen LogP contribution is -2.49. The molecular weight excluding hydrogens is 260 g/mol. The Morgan fingerprint density at radius 1 is 1.35 bits per heavy atom. The Morgan fingerprint density at radius 2 is 2.00 bits per heavy atom. The van der Waals surface area contributed by atoms with E-state index in [0.29, 0.717) is 6.42 Å². The number of nitrogens with two attached hydrogens (primary N) is 1.